The fourth-order valence-electron chi connectivity index (χ4n) is 2.82. The molecule has 0 N–H and O–H groups in total. The van der Waals surface area contributed by atoms with Gasteiger partial charge >= 0.3 is 0 Å². The number of hydrogen-bond acceptors (Lipinski definition) is 5. The highest BCUT2D eigenvalue weighted by Gasteiger charge is 2.20. The van der Waals surface area contributed by atoms with E-state index in [2.05, 4.69) is 15.1 Å². The molecule has 0 aliphatic carbocycles. The van der Waals surface area contributed by atoms with E-state index in [0.717, 1.165) is 35.7 Å². The Labute approximate surface area is 145 Å². The molecule has 4 rings (SSSR count). The molecule has 0 bridgehead atoms. The van der Waals surface area contributed by atoms with Gasteiger partial charge in [0.25, 0.3) is 0 Å². The number of halogens is 1. The van der Waals surface area contributed by atoms with Gasteiger partial charge in [-0.25, -0.2) is 9.37 Å². The van der Waals surface area contributed by atoms with Gasteiger partial charge in [0.05, 0.1) is 13.2 Å². The zero-order chi connectivity index (χ0) is 17.1. The maximum absolute atomic E-state index is 13.2. The lowest BCUT2D eigenvalue weighted by Crippen LogP contribution is -2.37. The van der Waals surface area contributed by atoms with E-state index >= 15 is 0 Å². The Hall–Kier alpha value is -2.86. The third-order valence-electron chi connectivity index (χ3n) is 4.13. The molecule has 0 spiro atoms. The number of benzene rings is 2. The van der Waals surface area contributed by atoms with Crippen LogP contribution in [-0.2, 0) is 4.74 Å². The monoisotopic (exact) mass is 336 g/mol. The first-order valence-electron chi connectivity index (χ1n) is 8.20. The van der Waals surface area contributed by atoms with Crippen LogP contribution in [0, 0.1) is 5.82 Å². The Morgan fingerprint density at radius 2 is 1.56 bits per heavy atom. The molecular weight excluding hydrogens is 319 g/mol. The van der Waals surface area contributed by atoms with Gasteiger partial charge in [-0.05, 0) is 24.3 Å². The molecule has 1 saturated heterocycles. The molecule has 1 fully saturated rings. The Morgan fingerprint density at radius 3 is 2.28 bits per heavy atom. The average molecular weight is 336 g/mol. The summed E-state index contributed by atoms with van der Waals surface area (Å²) in [7, 11) is 0. The van der Waals surface area contributed by atoms with Gasteiger partial charge in [0, 0.05) is 24.2 Å². The number of morpholine rings is 1. The lowest BCUT2D eigenvalue weighted by molar-refractivity contribution is 0.122. The van der Waals surface area contributed by atoms with Crippen molar-refractivity contribution >= 4 is 5.82 Å². The minimum atomic E-state index is -0.286. The molecule has 0 saturated carbocycles. The standard InChI is InChI=1S/C19H17FN4O/c20-16-8-6-15(7-9-16)18-21-19(24-10-12-25-13-11-24)17(22-23-18)14-4-2-1-3-5-14/h1-9H,10-13H2. The maximum atomic E-state index is 13.2. The minimum absolute atomic E-state index is 0.286. The lowest BCUT2D eigenvalue weighted by atomic mass is 10.1. The first kappa shape index (κ1) is 15.7. The third-order valence-corrected chi connectivity index (χ3v) is 4.13. The first-order chi connectivity index (χ1) is 12.3. The molecule has 0 radical (unpaired) electrons. The molecule has 0 unspecified atom stereocenters. The van der Waals surface area contributed by atoms with Crippen LogP contribution < -0.4 is 4.90 Å². The topological polar surface area (TPSA) is 51.1 Å². The predicted molar refractivity (Wildman–Crippen MR) is 93.7 cm³/mol. The number of ether oxygens (including phenoxy) is 1. The average Bonchev–Trinajstić information content (AvgIpc) is 2.69. The SMILES string of the molecule is Fc1ccc(-c2nnc(-c3ccccc3)c(N3CCOCC3)n2)cc1. The number of hydrogen-bond donors (Lipinski definition) is 0. The highest BCUT2D eigenvalue weighted by molar-refractivity contribution is 5.73. The number of nitrogens with zero attached hydrogens (tertiary/aromatic N) is 4. The largest absolute Gasteiger partial charge is 0.378 e. The van der Waals surface area contributed by atoms with E-state index in [1.807, 2.05) is 30.3 Å². The van der Waals surface area contributed by atoms with Crippen molar-refractivity contribution in [2.45, 2.75) is 0 Å². The summed E-state index contributed by atoms with van der Waals surface area (Å²) < 4.78 is 18.6. The second kappa shape index (κ2) is 6.94. The van der Waals surface area contributed by atoms with Crippen LogP contribution in [0.4, 0.5) is 10.2 Å². The molecular formula is C19H17FN4O. The molecule has 2 aromatic carbocycles. The summed E-state index contributed by atoms with van der Waals surface area (Å²) in [5.41, 5.74) is 2.45. The van der Waals surface area contributed by atoms with Crippen LogP contribution in [0.1, 0.15) is 0 Å². The van der Waals surface area contributed by atoms with Crippen molar-refractivity contribution in [2.24, 2.45) is 0 Å². The third kappa shape index (κ3) is 3.34. The van der Waals surface area contributed by atoms with Crippen molar-refractivity contribution in [1.82, 2.24) is 15.2 Å². The smallest absolute Gasteiger partial charge is 0.183 e. The van der Waals surface area contributed by atoms with Crippen molar-refractivity contribution in [2.75, 3.05) is 31.2 Å². The van der Waals surface area contributed by atoms with Gasteiger partial charge in [-0.1, -0.05) is 30.3 Å². The maximum Gasteiger partial charge on any atom is 0.183 e. The fourth-order valence-corrected chi connectivity index (χ4v) is 2.82. The highest BCUT2D eigenvalue weighted by Crippen LogP contribution is 2.29. The zero-order valence-corrected chi connectivity index (χ0v) is 13.6. The summed E-state index contributed by atoms with van der Waals surface area (Å²) in [5, 5.41) is 8.70. The summed E-state index contributed by atoms with van der Waals surface area (Å²) in [4.78, 5) is 6.91. The van der Waals surface area contributed by atoms with Gasteiger partial charge in [-0.2, -0.15) is 0 Å². The van der Waals surface area contributed by atoms with Crippen LogP contribution in [0.15, 0.2) is 54.6 Å². The number of aromatic nitrogens is 3. The minimum Gasteiger partial charge on any atom is -0.378 e. The molecule has 3 aromatic rings. The van der Waals surface area contributed by atoms with Gasteiger partial charge in [0.1, 0.15) is 11.5 Å². The van der Waals surface area contributed by atoms with Crippen LogP contribution in [-0.4, -0.2) is 41.5 Å². The van der Waals surface area contributed by atoms with Crippen molar-refractivity contribution in [3.8, 4) is 22.6 Å². The Bertz CT molecular complexity index is 849. The number of rotatable bonds is 3. The lowest BCUT2D eigenvalue weighted by Gasteiger charge is -2.29. The van der Waals surface area contributed by atoms with Crippen LogP contribution in [0.5, 0.6) is 0 Å². The second-order valence-electron chi connectivity index (χ2n) is 5.78. The Balaban J connectivity index is 1.80. The van der Waals surface area contributed by atoms with Crippen LogP contribution in [0.25, 0.3) is 22.6 Å². The summed E-state index contributed by atoms with van der Waals surface area (Å²) in [6.07, 6.45) is 0. The van der Waals surface area contributed by atoms with Crippen molar-refractivity contribution in [3.63, 3.8) is 0 Å². The summed E-state index contributed by atoms with van der Waals surface area (Å²) >= 11 is 0. The zero-order valence-electron chi connectivity index (χ0n) is 13.6. The Morgan fingerprint density at radius 1 is 0.840 bits per heavy atom. The molecule has 6 heteroatoms. The molecule has 0 amide bonds. The van der Waals surface area contributed by atoms with E-state index < -0.39 is 0 Å². The van der Waals surface area contributed by atoms with E-state index in [1.54, 1.807) is 12.1 Å². The second-order valence-corrected chi connectivity index (χ2v) is 5.78. The summed E-state index contributed by atoms with van der Waals surface area (Å²) in [6.45, 7) is 2.82. The molecule has 126 valence electrons. The normalized spacial score (nSPS) is 14.5. The molecule has 25 heavy (non-hydrogen) atoms. The van der Waals surface area contributed by atoms with Crippen LogP contribution in [0.3, 0.4) is 0 Å². The van der Waals surface area contributed by atoms with Crippen LogP contribution >= 0.6 is 0 Å². The van der Waals surface area contributed by atoms with Gasteiger partial charge in [-0.3, -0.25) is 0 Å². The fraction of sp³-hybridized carbons (Fsp3) is 0.211. The summed E-state index contributed by atoms with van der Waals surface area (Å²) in [5.74, 6) is 0.982. The van der Waals surface area contributed by atoms with E-state index in [1.165, 1.54) is 12.1 Å². The molecule has 0 atom stereocenters. The highest BCUT2D eigenvalue weighted by atomic mass is 19.1. The van der Waals surface area contributed by atoms with Gasteiger partial charge in [-0.15, -0.1) is 10.2 Å². The quantitative estimate of drug-likeness (QED) is 0.735. The van der Waals surface area contributed by atoms with Crippen LogP contribution in [0.2, 0.25) is 0 Å². The van der Waals surface area contributed by atoms with E-state index in [4.69, 9.17) is 9.72 Å². The van der Waals surface area contributed by atoms with Crippen molar-refractivity contribution < 1.29 is 9.13 Å². The van der Waals surface area contributed by atoms with Gasteiger partial charge < -0.3 is 9.64 Å². The molecule has 1 aliphatic heterocycles. The molecule has 5 nitrogen and oxygen atoms in total. The molecule has 1 aromatic heterocycles. The van der Waals surface area contributed by atoms with Gasteiger partial charge in [0.2, 0.25) is 0 Å². The summed E-state index contributed by atoms with van der Waals surface area (Å²) in [6, 6.07) is 16.0. The van der Waals surface area contributed by atoms with E-state index in [-0.39, 0.29) is 5.82 Å². The first-order valence-corrected chi connectivity index (χ1v) is 8.20. The van der Waals surface area contributed by atoms with Gasteiger partial charge in [0.15, 0.2) is 11.6 Å². The van der Waals surface area contributed by atoms with E-state index in [0.29, 0.717) is 19.0 Å². The van der Waals surface area contributed by atoms with Crippen molar-refractivity contribution in [3.05, 3.63) is 60.4 Å². The van der Waals surface area contributed by atoms with Crippen molar-refractivity contribution in [1.29, 1.82) is 0 Å². The predicted octanol–water partition coefficient (Wildman–Crippen LogP) is 3.18. The molecule has 1 aliphatic rings. The number of anilines is 1. The Kier molecular flexibility index (Phi) is 4.35. The molecule has 2 heterocycles. The van der Waals surface area contributed by atoms with E-state index in [9.17, 15) is 4.39 Å².